The lowest BCUT2D eigenvalue weighted by molar-refractivity contribution is 0.813. The van der Waals surface area contributed by atoms with Gasteiger partial charge in [0.05, 0.1) is 16.8 Å². The first kappa shape index (κ1) is 21.8. The predicted octanol–water partition coefficient (Wildman–Crippen LogP) is 6.97. The summed E-state index contributed by atoms with van der Waals surface area (Å²) >= 11 is 4.94. The quantitative estimate of drug-likeness (QED) is 0.193. The fourth-order valence-electron chi connectivity index (χ4n) is 4.52. The number of benzene rings is 2. The Kier molecular flexibility index (Phi) is 5.63. The van der Waals surface area contributed by atoms with E-state index in [0.717, 1.165) is 67.7 Å². The fourth-order valence-corrected chi connectivity index (χ4v) is 7.65. The van der Waals surface area contributed by atoms with Crippen LogP contribution >= 0.6 is 34.4 Å². The molecule has 0 amide bonds. The van der Waals surface area contributed by atoms with Gasteiger partial charge in [-0.15, -0.1) is 22.7 Å². The molecule has 0 saturated carbocycles. The molecule has 3 heterocycles. The van der Waals surface area contributed by atoms with Crippen molar-refractivity contribution in [3.63, 3.8) is 0 Å². The molecule has 0 saturated heterocycles. The van der Waals surface area contributed by atoms with E-state index >= 15 is 0 Å². The Hall–Kier alpha value is -2.74. The molecular weight excluding hydrogens is 479 g/mol. The van der Waals surface area contributed by atoms with Crippen LogP contribution in [0.5, 0.6) is 0 Å². The van der Waals surface area contributed by atoms with Crippen molar-refractivity contribution in [1.29, 1.82) is 0 Å². The highest BCUT2D eigenvalue weighted by Crippen LogP contribution is 2.37. The third-order valence-corrected chi connectivity index (χ3v) is 9.33. The summed E-state index contributed by atoms with van der Waals surface area (Å²) in [7, 11) is 0. The summed E-state index contributed by atoms with van der Waals surface area (Å²) in [5.74, 6) is 0.664. The second-order valence-electron chi connectivity index (χ2n) is 8.66. The van der Waals surface area contributed by atoms with Crippen LogP contribution in [0.15, 0.2) is 63.9 Å². The Balaban J connectivity index is 1.43. The van der Waals surface area contributed by atoms with E-state index in [1.54, 1.807) is 34.4 Å². The van der Waals surface area contributed by atoms with Gasteiger partial charge in [0.15, 0.2) is 5.16 Å². The normalized spacial score (nSPS) is 13.0. The average Bonchev–Trinajstić information content (AvgIpc) is 3.56. The number of nitrogens with zero attached hydrogens (tertiary/aromatic N) is 3. The lowest BCUT2D eigenvalue weighted by Crippen LogP contribution is -2.22. The zero-order valence-electron chi connectivity index (χ0n) is 19.0. The van der Waals surface area contributed by atoms with Crippen LogP contribution in [0, 0.1) is 13.8 Å². The first-order valence-corrected chi connectivity index (χ1v) is 14.0. The third-order valence-electron chi connectivity index (χ3n) is 6.24. The fraction of sp³-hybridized carbons (Fsp3) is 0.222. The molecule has 1 aliphatic carbocycles. The van der Waals surface area contributed by atoms with Gasteiger partial charge in [-0.2, -0.15) is 0 Å². The zero-order chi connectivity index (χ0) is 23.2. The van der Waals surface area contributed by atoms with Crippen LogP contribution in [0.2, 0.25) is 0 Å². The number of fused-ring (bicyclic) bond motifs is 3. The van der Waals surface area contributed by atoms with E-state index in [2.05, 4.69) is 49.6 Å². The van der Waals surface area contributed by atoms with Crippen molar-refractivity contribution in [2.75, 3.05) is 0 Å². The maximum atomic E-state index is 13.9. The molecule has 0 radical (unpaired) electrons. The molecular formula is C27H23N3OS3. The van der Waals surface area contributed by atoms with Crippen LogP contribution in [-0.2, 0) is 18.6 Å². The van der Waals surface area contributed by atoms with E-state index in [-0.39, 0.29) is 5.56 Å². The van der Waals surface area contributed by atoms with E-state index in [4.69, 9.17) is 9.97 Å². The highest BCUT2D eigenvalue weighted by Gasteiger charge is 2.24. The minimum atomic E-state index is 0.0591. The predicted molar refractivity (Wildman–Crippen MR) is 144 cm³/mol. The van der Waals surface area contributed by atoms with Crippen LogP contribution in [0.3, 0.4) is 0 Å². The number of aromatic nitrogens is 3. The summed E-state index contributed by atoms with van der Waals surface area (Å²) in [6.45, 7) is 4.12. The molecule has 7 heteroatoms. The number of thioether (sulfide) groups is 1. The SMILES string of the molecule is Cc1ccc(C)c(-n2c(SCc3csc(-c4ccccc4)n3)nc3sc4c(c3c2=O)CCC4)c1. The molecule has 0 N–H and O–H groups in total. The standard InChI is InChI=1S/C27H23N3OS3/c1-16-11-12-17(2)21(13-16)30-26(31)23-20-9-6-10-22(20)34-25(23)29-27(30)33-15-19-14-32-24(28-19)18-7-4-3-5-8-18/h3-5,7-8,11-14H,6,9-10,15H2,1-2H3. The Morgan fingerprint density at radius 2 is 1.91 bits per heavy atom. The Labute approximate surface area is 210 Å². The largest absolute Gasteiger partial charge is 0.268 e. The van der Waals surface area contributed by atoms with Gasteiger partial charge in [-0.05, 0) is 55.9 Å². The maximum Gasteiger partial charge on any atom is 0.267 e. The molecule has 5 aromatic rings. The van der Waals surface area contributed by atoms with Gasteiger partial charge < -0.3 is 0 Å². The number of hydrogen-bond acceptors (Lipinski definition) is 6. The van der Waals surface area contributed by atoms with Gasteiger partial charge in [0.1, 0.15) is 9.84 Å². The maximum absolute atomic E-state index is 13.9. The summed E-state index contributed by atoms with van der Waals surface area (Å²) in [6.07, 6.45) is 3.17. The highest BCUT2D eigenvalue weighted by atomic mass is 32.2. The molecule has 3 aromatic heterocycles. The van der Waals surface area contributed by atoms with E-state index in [9.17, 15) is 4.79 Å². The molecule has 1 aliphatic rings. The topological polar surface area (TPSA) is 47.8 Å². The minimum absolute atomic E-state index is 0.0591. The van der Waals surface area contributed by atoms with Crippen LogP contribution in [0.25, 0.3) is 26.5 Å². The van der Waals surface area contributed by atoms with Gasteiger partial charge in [0.25, 0.3) is 5.56 Å². The molecule has 4 nitrogen and oxygen atoms in total. The number of rotatable bonds is 5. The van der Waals surface area contributed by atoms with E-state index in [1.807, 2.05) is 22.8 Å². The van der Waals surface area contributed by atoms with Crippen LogP contribution in [0.4, 0.5) is 0 Å². The Bertz CT molecular complexity index is 1580. The van der Waals surface area contributed by atoms with Crippen LogP contribution in [0.1, 0.15) is 33.7 Å². The monoisotopic (exact) mass is 501 g/mol. The molecule has 0 bridgehead atoms. The van der Waals surface area contributed by atoms with Crippen LogP contribution in [-0.4, -0.2) is 14.5 Å². The van der Waals surface area contributed by atoms with Gasteiger partial charge in [0.2, 0.25) is 0 Å². The molecule has 0 unspecified atom stereocenters. The smallest absolute Gasteiger partial charge is 0.267 e. The van der Waals surface area contributed by atoms with Crippen molar-refractivity contribution in [2.45, 2.75) is 44.0 Å². The van der Waals surface area contributed by atoms with Crippen molar-refractivity contribution >= 4 is 44.7 Å². The third kappa shape index (κ3) is 3.82. The molecule has 6 rings (SSSR count). The Morgan fingerprint density at radius 1 is 1.06 bits per heavy atom. The molecule has 34 heavy (non-hydrogen) atoms. The number of thiazole rings is 1. The molecule has 170 valence electrons. The van der Waals surface area contributed by atoms with Crippen molar-refractivity contribution in [3.8, 4) is 16.3 Å². The number of thiophene rings is 1. The lowest BCUT2D eigenvalue weighted by Gasteiger charge is -2.15. The highest BCUT2D eigenvalue weighted by molar-refractivity contribution is 7.98. The lowest BCUT2D eigenvalue weighted by atomic mass is 10.1. The minimum Gasteiger partial charge on any atom is -0.268 e. The summed E-state index contributed by atoms with van der Waals surface area (Å²) in [5.41, 5.74) is 6.54. The van der Waals surface area contributed by atoms with Gasteiger partial charge in [-0.1, -0.05) is 54.2 Å². The molecule has 0 spiro atoms. The van der Waals surface area contributed by atoms with Gasteiger partial charge >= 0.3 is 0 Å². The van der Waals surface area contributed by atoms with Crippen molar-refractivity contribution < 1.29 is 0 Å². The van der Waals surface area contributed by atoms with Crippen LogP contribution < -0.4 is 5.56 Å². The molecule has 0 atom stereocenters. The van der Waals surface area contributed by atoms with Gasteiger partial charge in [-0.3, -0.25) is 9.36 Å². The summed E-state index contributed by atoms with van der Waals surface area (Å²) in [4.78, 5) is 26.0. The number of aryl methyl sites for hydroxylation is 4. The molecule has 2 aromatic carbocycles. The first-order valence-electron chi connectivity index (χ1n) is 11.4. The average molecular weight is 502 g/mol. The van der Waals surface area contributed by atoms with E-state index in [0.29, 0.717) is 5.75 Å². The Morgan fingerprint density at radius 3 is 2.76 bits per heavy atom. The summed E-state index contributed by atoms with van der Waals surface area (Å²) in [5, 5.41) is 4.68. The summed E-state index contributed by atoms with van der Waals surface area (Å²) < 4.78 is 1.84. The zero-order valence-corrected chi connectivity index (χ0v) is 21.4. The molecule has 0 fully saturated rings. The van der Waals surface area contributed by atoms with Gasteiger partial charge in [0, 0.05) is 21.6 Å². The second kappa shape index (κ2) is 8.80. The summed E-state index contributed by atoms with van der Waals surface area (Å²) in [6, 6.07) is 16.5. The molecule has 0 aliphatic heterocycles. The van der Waals surface area contributed by atoms with E-state index in [1.165, 1.54) is 10.4 Å². The number of hydrogen-bond donors (Lipinski definition) is 0. The first-order chi connectivity index (χ1) is 16.6. The van der Waals surface area contributed by atoms with Gasteiger partial charge in [-0.25, -0.2) is 9.97 Å². The van der Waals surface area contributed by atoms with Crippen molar-refractivity contribution in [2.24, 2.45) is 0 Å². The second-order valence-corrected chi connectivity index (χ2v) is 11.5. The van der Waals surface area contributed by atoms with Crippen molar-refractivity contribution in [3.05, 3.63) is 91.5 Å². The van der Waals surface area contributed by atoms with Crippen molar-refractivity contribution in [1.82, 2.24) is 14.5 Å². The van der Waals surface area contributed by atoms with E-state index < -0.39 is 0 Å².